The van der Waals surface area contributed by atoms with E-state index in [1.54, 1.807) is 13.0 Å². The molecule has 0 unspecified atom stereocenters. The Morgan fingerprint density at radius 2 is 2.04 bits per heavy atom. The monoisotopic (exact) mass is 361 g/mol. The number of nitrogen functional groups attached to an aromatic ring is 1. The number of benzene rings is 1. The maximum atomic E-state index is 11.6. The second-order valence-corrected chi connectivity index (χ2v) is 6.08. The average molecular weight is 362 g/mol. The number of anilines is 1. The Balaban J connectivity index is 2.34. The van der Waals surface area contributed by atoms with Crippen LogP contribution in [0.3, 0.4) is 0 Å². The van der Waals surface area contributed by atoms with E-state index in [1.807, 2.05) is 28.8 Å². The Bertz CT molecular complexity index is 736. The van der Waals surface area contributed by atoms with Gasteiger partial charge in [0.25, 0.3) is 0 Å². The summed E-state index contributed by atoms with van der Waals surface area (Å²) in [5, 5.41) is 0.391. The SMILES string of the molecule is CCCCc1nc(Cl)c(/C=C/C(=O)OCC)n1Cc1ccc(N)cc1. The van der Waals surface area contributed by atoms with E-state index in [0.29, 0.717) is 24.0 Å². The lowest BCUT2D eigenvalue weighted by atomic mass is 10.2. The molecule has 0 fully saturated rings. The zero-order valence-electron chi connectivity index (χ0n) is 14.7. The number of hydrogen-bond acceptors (Lipinski definition) is 4. The Morgan fingerprint density at radius 1 is 1.32 bits per heavy atom. The van der Waals surface area contributed by atoms with E-state index in [-0.39, 0.29) is 0 Å². The van der Waals surface area contributed by atoms with Crippen molar-refractivity contribution in [1.29, 1.82) is 0 Å². The molecule has 0 bridgehead atoms. The number of carbonyl (C=O) groups is 1. The molecule has 0 amide bonds. The molecule has 0 radical (unpaired) electrons. The molecule has 0 spiro atoms. The van der Waals surface area contributed by atoms with Crippen LogP contribution >= 0.6 is 11.6 Å². The number of hydrogen-bond donors (Lipinski definition) is 1. The highest BCUT2D eigenvalue weighted by atomic mass is 35.5. The van der Waals surface area contributed by atoms with E-state index < -0.39 is 5.97 Å². The van der Waals surface area contributed by atoms with Crippen LogP contribution in [0.25, 0.3) is 6.08 Å². The molecule has 1 heterocycles. The Hall–Kier alpha value is -2.27. The number of aryl methyl sites for hydroxylation is 1. The highest BCUT2D eigenvalue weighted by molar-refractivity contribution is 6.30. The van der Waals surface area contributed by atoms with Gasteiger partial charge < -0.3 is 15.0 Å². The normalized spacial score (nSPS) is 11.2. The van der Waals surface area contributed by atoms with E-state index >= 15 is 0 Å². The van der Waals surface area contributed by atoms with Crippen molar-refractivity contribution in [2.24, 2.45) is 0 Å². The van der Waals surface area contributed by atoms with Crippen molar-refractivity contribution in [3.8, 4) is 0 Å². The molecule has 0 aliphatic rings. The Kier molecular flexibility index (Phi) is 7.07. The molecule has 25 heavy (non-hydrogen) atoms. The van der Waals surface area contributed by atoms with Crippen molar-refractivity contribution >= 4 is 29.3 Å². The van der Waals surface area contributed by atoms with E-state index in [1.165, 1.54) is 6.08 Å². The number of nitrogens with zero attached hydrogens (tertiary/aromatic N) is 2. The van der Waals surface area contributed by atoms with Crippen LogP contribution in [0.5, 0.6) is 0 Å². The van der Waals surface area contributed by atoms with Crippen molar-refractivity contribution < 1.29 is 9.53 Å². The predicted octanol–water partition coefficient (Wildman–Crippen LogP) is 4.09. The van der Waals surface area contributed by atoms with E-state index in [9.17, 15) is 4.79 Å². The molecule has 1 aromatic carbocycles. The first kappa shape index (κ1) is 19.1. The van der Waals surface area contributed by atoms with Crippen molar-refractivity contribution in [3.63, 3.8) is 0 Å². The Morgan fingerprint density at radius 3 is 2.68 bits per heavy atom. The maximum Gasteiger partial charge on any atom is 0.330 e. The molecule has 0 atom stereocenters. The fraction of sp³-hybridized carbons (Fsp3) is 0.368. The maximum absolute atomic E-state index is 11.6. The molecule has 2 N–H and O–H groups in total. The number of ether oxygens (including phenoxy) is 1. The van der Waals surface area contributed by atoms with Crippen molar-refractivity contribution in [2.45, 2.75) is 39.7 Å². The van der Waals surface area contributed by atoms with Gasteiger partial charge in [-0.3, -0.25) is 0 Å². The van der Waals surface area contributed by atoms with Crippen LogP contribution in [0.2, 0.25) is 5.15 Å². The summed E-state index contributed by atoms with van der Waals surface area (Å²) < 4.78 is 6.98. The predicted molar refractivity (Wildman–Crippen MR) is 101 cm³/mol. The zero-order valence-corrected chi connectivity index (χ0v) is 15.4. The first-order valence-electron chi connectivity index (χ1n) is 8.49. The Labute approximate surface area is 153 Å². The van der Waals surface area contributed by atoms with Crippen LogP contribution in [-0.2, 0) is 22.5 Å². The number of carbonyl (C=O) groups excluding carboxylic acids is 1. The quantitative estimate of drug-likeness (QED) is 0.437. The molecule has 0 aliphatic heterocycles. The first-order chi connectivity index (χ1) is 12.0. The number of imidazole rings is 1. The van der Waals surface area contributed by atoms with Crippen molar-refractivity contribution in [2.75, 3.05) is 12.3 Å². The summed E-state index contributed by atoms with van der Waals surface area (Å²) in [6, 6.07) is 7.69. The molecular formula is C19H24ClN3O2. The lowest BCUT2D eigenvalue weighted by Gasteiger charge is -2.11. The van der Waals surface area contributed by atoms with Gasteiger partial charge in [0.05, 0.1) is 12.3 Å². The van der Waals surface area contributed by atoms with Gasteiger partial charge in [0.1, 0.15) is 5.82 Å². The number of unbranched alkanes of at least 4 members (excludes halogenated alkanes) is 1. The van der Waals surface area contributed by atoms with Gasteiger partial charge in [0.15, 0.2) is 5.15 Å². The second kappa shape index (κ2) is 9.28. The fourth-order valence-electron chi connectivity index (χ4n) is 2.49. The van der Waals surface area contributed by atoms with Gasteiger partial charge in [0, 0.05) is 24.7 Å². The lowest BCUT2D eigenvalue weighted by molar-refractivity contribution is -0.137. The highest BCUT2D eigenvalue weighted by Gasteiger charge is 2.14. The van der Waals surface area contributed by atoms with Crippen molar-refractivity contribution in [3.05, 3.63) is 52.6 Å². The highest BCUT2D eigenvalue weighted by Crippen LogP contribution is 2.22. The minimum Gasteiger partial charge on any atom is -0.463 e. The molecule has 2 aromatic rings. The summed E-state index contributed by atoms with van der Waals surface area (Å²) >= 11 is 6.33. The summed E-state index contributed by atoms with van der Waals surface area (Å²) in [6.45, 7) is 4.86. The van der Waals surface area contributed by atoms with Gasteiger partial charge in [-0.05, 0) is 37.1 Å². The van der Waals surface area contributed by atoms with Gasteiger partial charge in [-0.25, -0.2) is 9.78 Å². The molecule has 5 nitrogen and oxygen atoms in total. The minimum absolute atomic E-state index is 0.337. The molecule has 2 rings (SSSR count). The van der Waals surface area contributed by atoms with Crippen LogP contribution in [0.15, 0.2) is 30.3 Å². The van der Waals surface area contributed by atoms with Crippen LogP contribution in [0.4, 0.5) is 5.69 Å². The first-order valence-corrected chi connectivity index (χ1v) is 8.87. The summed E-state index contributed by atoms with van der Waals surface area (Å²) in [5.41, 5.74) is 8.28. The van der Waals surface area contributed by atoms with Crippen molar-refractivity contribution in [1.82, 2.24) is 9.55 Å². The average Bonchev–Trinajstić information content (AvgIpc) is 2.88. The van der Waals surface area contributed by atoms with Gasteiger partial charge >= 0.3 is 5.97 Å². The summed E-state index contributed by atoms with van der Waals surface area (Å²) in [6.07, 6.45) is 5.98. The van der Waals surface area contributed by atoms with Crippen LogP contribution in [0.1, 0.15) is 43.8 Å². The number of rotatable bonds is 8. The van der Waals surface area contributed by atoms with E-state index in [0.717, 1.165) is 36.3 Å². The van der Waals surface area contributed by atoms with Gasteiger partial charge in [-0.2, -0.15) is 0 Å². The van der Waals surface area contributed by atoms with Gasteiger partial charge in [0.2, 0.25) is 0 Å². The van der Waals surface area contributed by atoms with Crippen LogP contribution in [0, 0.1) is 0 Å². The summed E-state index contributed by atoms with van der Waals surface area (Å²) in [7, 11) is 0. The zero-order chi connectivity index (χ0) is 18.2. The number of halogens is 1. The fourth-order valence-corrected chi connectivity index (χ4v) is 2.75. The molecule has 0 aliphatic carbocycles. The summed E-state index contributed by atoms with van der Waals surface area (Å²) in [4.78, 5) is 16.1. The van der Waals surface area contributed by atoms with Crippen LogP contribution < -0.4 is 5.73 Å². The minimum atomic E-state index is -0.395. The lowest BCUT2D eigenvalue weighted by Crippen LogP contribution is -2.08. The molecule has 1 aromatic heterocycles. The molecular weight excluding hydrogens is 338 g/mol. The van der Waals surface area contributed by atoms with Crippen LogP contribution in [-0.4, -0.2) is 22.1 Å². The number of aromatic nitrogens is 2. The largest absolute Gasteiger partial charge is 0.463 e. The smallest absolute Gasteiger partial charge is 0.330 e. The molecule has 6 heteroatoms. The van der Waals surface area contributed by atoms with E-state index in [2.05, 4.69) is 11.9 Å². The topological polar surface area (TPSA) is 70.1 Å². The molecule has 0 saturated carbocycles. The van der Waals surface area contributed by atoms with Gasteiger partial charge in [-0.15, -0.1) is 0 Å². The van der Waals surface area contributed by atoms with Gasteiger partial charge in [-0.1, -0.05) is 37.1 Å². The standard InChI is InChI=1S/C19H24ClN3O2/c1-3-5-6-17-22-19(20)16(11-12-18(24)25-4-2)23(17)13-14-7-9-15(21)10-8-14/h7-12H,3-6,13,21H2,1-2H3/b12-11+. The third-order valence-electron chi connectivity index (χ3n) is 3.78. The molecule has 0 saturated heterocycles. The molecule has 134 valence electrons. The third-order valence-corrected chi connectivity index (χ3v) is 4.06. The van der Waals surface area contributed by atoms with E-state index in [4.69, 9.17) is 22.1 Å². The number of esters is 1. The number of nitrogens with two attached hydrogens (primary N) is 1. The second-order valence-electron chi connectivity index (χ2n) is 5.72. The third kappa shape index (κ3) is 5.36. The summed E-state index contributed by atoms with van der Waals surface area (Å²) in [5.74, 6) is 0.515.